The quantitative estimate of drug-likeness (QED) is 0.740. The first-order chi connectivity index (χ1) is 11.3. The van der Waals surface area contributed by atoms with Gasteiger partial charge in [-0.05, 0) is 26.2 Å². The van der Waals surface area contributed by atoms with Crippen LogP contribution in [0.3, 0.4) is 0 Å². The highest BCUT2D eigenvalue weighted by atomic mass is 16.6. The van der Waals surface area contributed by atoms with Gasteiger partial charge in [-0.2, -0.15) is 0 Å². The number of ketones is 1. The van der Waals surface area contributed by atoms with E-state index < -0.39 is 29.6 Å². The third kappa shape index (κ3) is 7.49. The van der Waals surface area contributed by atoms with Crippen LogP contribution in [0.25, 0.3) is 0 Å². The molecule has 1 aliphatic rings. The summed E-state index contributed by atoms with van der Waals surface area (Å²) in [6.45, 7) is 11.0. The summed E-state index contributed by atoms with van der Waals surface area (Å²) in [5.41, 5.74) is -0.861. The van der Waals surface area contributed by atoms with Gasteiger partial charge in [0, 0.05) is 31.5 Å². The molecule has 0 saturated heterocycles. The van der Waals surface area contributed by atoms with Gasteiger partial charge in [0.15, 0.2) is 0 Å². The van der Waals surface area contributed by atoms with Crippen LogP contribution in [-0.2, 0) is 19.1 Å². The van der Waals surface area contributed by atoms with Crippen LogP contribution in [0.5, 0.6) is 0 Å². The Kier molecular flexibility index (Phi) is 6.51. The molecule has 0 bridgehead atoms. The van der Waals surface area contributed by atoms with Gasteiger partial charge in [-0.15, -0.1) is 0 Å². The summed E-state index contributed by atoms with van der Waals surface area (Å²) in [4.78, 5) is 49.0. The molecule has 0 aromatic rings. The number of nitrogens with zero attached hydrogens (tertiary/aromatic N) is 1. The van der Waals surface area contributed by atoms with Crippen molar-refractivity contribution in [2.45, 2.75) is 66.0 Å². The second-order valence-corrected chi connectivity index (χ2v) is 8.40. The van der Waals surface area contributed by atoms with E-state index in [1.807, 2.05) is 20.8 Å². The van der Waals surface area contributed by atoms with Gasteiger partial charge in [0.2, 0.25) is 0 Å². The number of rotatable bonds is 6. The van der Waals surface area contributed by atoms with Crippen molar-refractivity contribution in [3.63, 3.8) is 0 Å². The van der Waals surface area contributed by atoms with Gasteiger partial charge in [-0.1, -0.05) is 20.8 Å². The van der Waals surface area contributed by atoms with Crippen molar-refractivity contribution >= 4 is 23.7 Å². The van der Waals surface area contributed by atoms with E-state index in [9.17, 15) is 19.2 Å². The molecule has 25 heavy (non-hydrogen) atoms. The maximum Gasteiger partial charge on any atom is 0.407 e. The zero-order chi connectivity index (χ0) is 19.4. The van der Waals surface area contributed by atoms with Crippen molar-refractivity contribution < 1.29 is 23.9 Å². The van der Waals surface area contributed by atoms with Crippen molar-refractivity contribution in [2.75, 3.05) is 6.54 Å². The van der Waals surface area contributed by atoms with Crippen LogP contribution in [0.15, 0.2) is 12.2 Å². The highest BCUT2D eigenvalue weighted by molar-refractivity contribution is 6.13. The van der Waals surface area contributed by atoms with Crippen molar-refractivity contribution in [3.8, 4) is 0 Å². The molecule has 3 amide bonds. The first-order valence-corrected chi connectivity index (χ1v) is 8.32. The Hall–Kier alpha value is -2.18. The van der Waals surface area contributed by atoms with E-state index in [4.69, 9.17) is 4.74 Å². The van der Waals surface area contributed by atoms with E-state index in [0.29, 0.717) is 6.42 Å². The van der Waals surface area contributed by atoms with Crippen LogP contribution >= 0.6 is 0 Å². The van der Waals surface area contributed by atoms with E-state index in [0.717, 1.165) is 17.1 Å². The second-order valence-electron chi connectivity index (χ2n) is 8.40. The number of carbonyl (C=O) groups is 4. The summed E-state index contributed by atoms with van der Waals surface area (Å²) in [7, 11) is 0. The van der Waals surface area contributed by atoms with Crippen LogP contribution in [0.1, 0.15) is 54.4 Å². The summed E-state index contributed by atoms with van der Waals surface area (Å²) in [5, 5.41) is 2.54. The fraction of sp³-hybridized carbons (Fsp3) is 0.667. The summed E-state index contributed by atoms with van der Waals surface area (Å²) in [6, 6.07) is -0.739. The van der Waals surface area contributed by atoms with Gasteiger partial charge in [0.05, 0.1) is 6.04 Å². The van der Waals surface area contributed by atoms with Gasteiger partial charge < -0.3 is 10.1 Å². The smallest absolute Gasteiger partial charge is 0.407 e. The number of hydrogen-bond acceptors (Lipinski definition) is 5. The van der Waals surface area contributed by atoms with E-state index in [1.165, 1.54) is 0 Å². The third-order valence-corrected chi connectivity index (χ3v) is 3.28. The fourth-order valence-corrected chi connectivity index (χ4v) is 2.47. The number of imide groups is 1. The Morgan fingerprint density at radius 3 is 2.04 bits per heavy atom. The summed E-state index contributed by atoms with van der Waals surface area (Å²) >= 11 is 0. The maximum absolute atomic E-state index is 12.3. The van der Waals surface area contributed by atoms with Gasteiger partial charge in [-0.3, -0.25) is 19.3 Å². The number of carbonyl (C=O) groups excluding carboxylic acids is 4. The number of hydrogen-bond donors (Lipinski definition) is 1. The van der Waals surface area contributed by atoms with Gasteiger partial charge >= 0.3 is 6.09 Å². The van der Waals surface area contributed by atoms with Gasteiger partial charge in [0.1, 0.15) is 11.4 Å². The Bertz CT molecular complexity index is 563. The first-order valence-electron chi connectivity index (χ1n) is 8.32. The van der Waals surface area contributed by atoms with E-state index in [2.05, 4.69) is 5.32 Å². The summed E-state index contributed by atoms with van der Waals surface area (Å²) < 4.78 is 5.15. The van der Waals surface area contributed by atoms with Crippen molar-refractivity contribution in [2.24, 2.45) is 5.41 Å². The van der Waals surface area contributed by atoms with Crippen LogP contribution in [0, 0.1) is 5.41 Å². The zero-order valence-electron chi connectivity index (χ0n) is 15.8. The van der Waals surface area contributed by atoms with Crippen LogP contribution in [-0.4, -0.2) is 46.8 Å². The number of nitrogens with one attached hydrogen (secondary N) is 1. The SMILES string of the molecule is CC(C)(C)CC(=O)CC(CNC(=O)OC(C)(C)C)N1C(=O)C=CC1=O. The average Bonchev–Trinajstić information content (AvgIpc) is 2.70. The molecule has 140 valence electrons. The molecule has 0 fully saturated rings. The minimum Gasteiger partial charge on any atom is -0.444 e. The Morgan fingerprint density at radius 1 is 1.08 bits per heavy atom. The lowest BCUT2D eigenvalue weighted by Crippen LogP contribution is -2.48. The molecule has 1 aliphatic heterocycles. The topological polar surface area (TPSA) is 92.8 Å². The van der Waals surface area contributed by atoms with Gasteiger partial charge in [0.25, 0.3) is 11.8 Å². The molecule has 0 aromatic carbocycles. The molecular formula is C18H28N2O5. The van der Waals surface area contributed by atoms with Crippen LogP contribution in [0.2, 0.25) is 0 Å². The predicted octanol–water partition coefficient (Wildman–Crippen LogP) is 2.20. The molecule has 0 aliphatic carbocycles. The lowest BCUT2D eigenvalue weighted by molar-refractivity contribution is -0.140. The fourth-order valence-electron chi connectivity index (χ4n) is 2.47. The maximum atomic E-state index is 12.3. The molecule has 0 spiro atoms. The first kappa shape index (κ1) is 20.9. The standard InChI is InChI=1S/C18H28N2O5/c1-17(2,3)10-13(21)9-12(20-14(22)7-8-15(20)23)11-19-16(24)25-18(4,5)6/h7-8,12H,9-11H2,1-6H3,(H,19,24). The largest absolute Gasteiger partial charge is 0.444 e. The number of ether oxygens (including phenoxy) is 1. The molecule has 0 saturated carbocycles. The highest BCUT2D eigenvalue weighted by Gasteiger charge is 2.33. The highest BCUT2D eigenvalue weighted by Crippen LogP contribution is 2.22. The molecule has 1 unspecified atom stereocenters. The molecule has 0 radical (unpaired) electrons. The molecule has 1 N–H and O–H groups in total. The minimum absolute atomic E-state index is 0.00771. The van der Waals surface area contributed by atoms with Crippen molar-refractivity contribution in [3.05, 3.63) is 12.2 Å². The van der Waals surface area contributed by atoms with E-state index >= 15 is 0 Å². The lowest BCUT2D eigenvalue weighted by Gasteiger charge is -2.28. The van der Waals surface area contributed by atoms with E-state index in [1.54, 1.807) is 20.8 Å². The molecule has 7 nitrogen and oxygen atoms in total. The molecule has 7 heteroatoms. The van der Waals surface area contributed by atoms with Crippen LogP contribution in [0.4, 0.5) is 4.79 Å². The normalized spacial score (nSPS) is 16.2. The Labute approximate surface area is 148 Å². The molecule has 1 heterocycles. The Morgan fingerprint density at radius 2 is 1.60 bits per heavy atom. The zero-order valence-corrected chi connectivity index (χ0v) is 15.8. The van der Waals surface area contributed by atoms with Crippen molar-refractivity contribution in [1.29, 1.82) is 0 Å². The summed E-state index contributed by atoms with van der Waals surface area (Å²) in [6.07, 6.45) is 1.98. The lowest BCUT2D eigenvalue weighted by atomic mass is 9.88. The second kappa shape index (κ2) is 7.80. The number of Topliss-reactive ketones (excluding diaryl/α,β-unsaturated/α-hetero) is 1. The molecular weight excluding hydrogens is 324 g/mol. The monoisotopic (exact) mass is 352 g/mol. The number of amides is 3. The summed E-state index contributed by atoms with van der Waals surface area (Å²) in [5.74, 6) is -1.04. The third-order valence-electron chi connectivity index (χ3n) is 3.28. The van der Waals surface area contributed by atoms with E-state index in [-0.39, 0.29) is 24.2 Å². The number of alkyl carbamates (subject to hydrolysis) is 1. The van der Waals surface area contributed by atoms with Crippen molar-refractivity contribution in [1.82, 2.24) is 10.2 Å². The molecule has 0 aromatic heterocycles. The van der Waals surface area contributed by atoms with Gasteiger partial charge in [-0.25, -0.2) is 4.79 Å². The predicted molar refractivity (Wildman–Crippen MR) is 92.7 cm³/mol. The Balaban J connectivity index is 2.78. The van der Waals surface area contributed by atoms with Crippen LogP contribution < -0.4 is 5.32 Å². The average molecular weight is 352 g/mol. The minimum atomic E-state index is -0.739. The molecule has 1 rings (SSSR count). The molecule has 1 atom stereocenters.